The number of amides is 1. The van der Waals surface area contributed by atoms with Crippen LogP contribution >= 0.6 is 23.4 Å². The summed E-state index contributed by atoms with van der Waals surface area (Å²) in [4.78, 5) is 36.1. The zero-order valence-electron chi connectivity index (χ0n) is 25.9. The van der Waals surface area contributed by atoms with Crippen LogP contribution in [0.5, 0.6) is 0 Å². The Labute approximate surface area is 266 Å². The minimum absolute atomic E-state index is 0.0510. The molecule has 238 valence electrons. The summed E-state index contributed by atoms with van der Waals surface area (Å²) in [6.45, 7) is 13.6. The summed E-state index contributed by atoms with van der Waals surface area (Å²) in [5.41, 5.74) is -1.79. The maximum atomic E-state index is 15.6. The molecule has 3 unspecified atom stereocenters. The van der Waals surface area contributed by atoms with Crippen molar-refractivity contribution in [1.82, 2.24) is 9.88 Å². The number of ether oxygens (including phenoxy) is 2. The molecule has 1 aromatic carbocycles. The number of carboxylic acids is 1. The molecule has 1 saturated carbocycles. The van der Waals surface area contributed by atoms with E-state index < -0.39 is 53.6 Å². The van der Waals surface area contributed by atoms with E-state index in [2.05, 4.69) is 24.6 Å². The van der Waals surface area contributed by atoms with Crippen LogP contribution in [0.1, 0.15) is 50.9 Å². The highest BCUT2D eigenvalue weighted by atomic mass is 35.5. The summed E-state index contributed by atoms with van der Waals surface area (Å²) in [7, 11) is -1.44. The van der Waals surface area contributed by atoms with Gasteiger partial charge in [-0.1, -0.05) is 49.1 Å². The lowest BCUT2D eigenvalue weighted by Crippen LogP contribution is -2.47. The van der Waals surface area contributed by atoms with E-state index in [4.69, 9.17) is 26.1 Å². The normalized spacial score (nSPS) is 23.5. The number of aliphatic imine (C=N–C) groups is 1. The van der Waals surface area contributed by atoms with Crippen molar-refractivity contribution < 1.29 is 33.0 Å². The van der Waals surface area contributed by atoms with Crippen molar-refractivity contribution in [3.63, 3.8) is 0 Å². The van der Waals surface area contributed by atoms with Crippen molar-refractivity contribution >= 4 is 60.6 Å². The highest BCUT2D eigenvalue weighted by molar-refractivity contribution is 8.15. The molecule has 2 aliphatic rings. The molecule has 1 N–H and O–H groups in total. The highest BCUT2D eigenvalue weighted by Crippen LogP contribution is 2.66. The van der Waals surface area contributed by atoms with E-state index in [-0.39, 0.29) is 29.6 Å². The van der Waals surface area contributed by atoms with Gasteiger partial charge in [0.2, 0.25) is 0 Å². The van der Waals surface area contributed by atoms with E-state index >= 15 is 8.78 Å². The van der Waals surface area contributed by atoms with Crippen LogP contribution in [0.4, 0.5) is 13.6 Å². The number of aliphatic carboxylic acids is 1. The second-order valence-corrected chi connectivity index (χ2v) is 20.8. The molecular formula is C31H38ClF2N3O5SSi. The van der Waals surface area contributed by atoms with E-state index in [1.54, 1.807) is 27.7 Å². The first-order valence-electron chi connectivity index (χ1n) is 14.2. The Bertz CT molecular complexity index is 1490. The lowest BCUT2D eigenvalue weighted by Gasteiger charge is -2.37. The molecule has 1 aliphatic carbocycles. The minimum atomic E-state index is -1.44. The molecule has 13 heteroatoms. The van der Waals surface area contributed by atoms with E-state index in [1.165, 1.54) is 47.5 Å². The summed E-state index contributed by atoms with van der Waals surface area (Å²) in [5, 5.41) is 10.7. The van der Waals surface area contributed by atoms with Crippen LogP contribution in [-0.2, 0) is 19.8 Å². The Balaban J connectivity index is 1.76. The number of halogens is 3. The standard InChI is InChI=1S/C31H38ClF2N3O5SSi/c1-29(2,3)42-28(40)37(18-41-12-13-44(5,6)7)27-36-30(4,25-16-31(25,43-27)26(38)39)21-14-19(8-10-22(21)33)15-23(34)24-11-9-20(32)17-35-24/h8-11,14-15,17,25H,12-13,16,18H2,1-7H3,(H,38,39). The first-order valence-corrected chi connectivity index (χ1v) is 19.1. The van der Waals surface area contributed by atoms with Gasteiger partial charge in [0.1, 0.15) is 28.7 Å². The Morgan fingerprint density at radius 2 is 1.95 bits per heavy atom. The molecule has 1 aliphatic heterocycles. The minimum Gasteiger partial charge on any atom is -0.480 e. The number of carbonyl (C=O) groups is 2. The lowest BCUT2D eigenvalue weighted by molar-refractivity contribution is -0.137. The van der Waals surface area contributed by atoms with Crippen molar-refractivity contribution in [3.8, 4) is 0 Å². The van der Waals surface area contributed by atoms with Gasteiger partial charge in [-0.2, -0.15) is 0 Å². The first-order chi connectivity index (χ1) is 20.3. The molecule has 8 nitrogen and oxygen atoms in total. The number of benzene rings is 1. The fourth-order valence-corrected chi connectivity index (χ4v) is 7.29. The first kappa shape index (κ1) is 34.1. The van der Waals surface area contributed by atoms with Crippen LogP contribution in [0, 0.1) is 11.7 Å². The molecule has 0 radical (unpaired) electrons. The molecule has 0 spiro atoms. The topological polar surface area (TPSA) is 101 Å². The summed E-state index contributed by atoms with van der Waals surface area (Å²) in [5.74, 6) is -2.98. The van der Waals surface area contributed by atoms with E-state index in [0.29, 0.717) is 17.2 Å². The molecule has 2 heterocycles. The van der Waals surface area contributed by atoms with Crippen LogP contribution in [0.25, 0.3) is 11.9 Å². The average molecular weight is 666 g/mol. The molecular weight excluding hydrogens is 628 g/mol. The van der Waals surface area contributed by atoms with Gasteiger partial charge in [-0.05, 0) is 76.1 Å². The predicted octanol–water partition coefficient (Wildman–Crippen LogP) is 8.05. The third-order valence-electron chi connectivity index (χ3n) is 7.41. The zero-order valence-corrected chi connectivity index (χ0v) is 28.5. The van der Waals surface area contributed by atoms with Crippen molar-refractivity contribution in [2.24, 2.45) is 10.9 Å². The Morgan fingerprint density at radius 1 is 1.25 bits per heavy atom. The monoisotopic (exact) mass is 665 g/mol. The SMILES string of the molecule is CC(C)(C)OC(=O)N(COCC[Si](C)(C)C)C1=NC(C)(c2cc(C=C(F)c3ccc(Cl)cn3)ccc2F)C2CC2(C(=O)O)S1. The largest absolute Gasteiger partial charge is 0.480 e. The number of hydrogen-bond acceptors (Lipinski definition) is 7. The maximum absolute atomic E-state index is 15.6. The number of aromatic nitrogens is 1. The van der Waals surface area contributed by atoms with Gasteiger partial charge in [0, 0.05) is 32.4 Å². The molecule has 3 atom stereocenters. The number of nitrogens with zero attached hydrogens (tertiary/aromatic N) is 3. The molecule has 2 aromatic rings. The molecule has 4 rings (SSSR count). The van der Waals surface area contributed by atoms with E-state index in [0.717, 1.165) is 17.8 Å². The number of amidine groups is 1. The van der Waals surface area contributed by atoms with E-state index in [1.807, 2.05) is 0 Å². The van der Waals surface area contributed by atoms with Crippen LogP contribution in [0.3, 0.4) is 0 Å². The number of hydrogen-bond donors (Lipinski definition) is 1. The number of carbonyl (C=O) groups excluding carboxylic acids is 1. The highest BCUT2D eigenvalue weighted by Gasteiger charge is 2.72. The number of carboxylic acid groups (broad SMARTS) is 1. The molecule has 1 amide bonds. The zero-order chi connectivity index (χ0) is 32.7. The Hall–Kier alpha value is -2.80. The summed E-state index contributed by atoms with van der Waals surface area (Å²) >= 11 is 6.81. The van der Waals surface area contributed by atoms with Gasteiger partial charge in [0.15, 0.2) is 5.17 Å². The van der Waals surface area contributed by atoms with Crippen LogP contribution in [0.15, 0.2) is 41.5 Å². The number of fused-ring (bicyclic) bond motifs is 1. The summed E-state index contributed by atoms with van der Waals surface area (Å²) in [6, 6.07) is 7.85. The lowest BCUT2D eigenvalue weighted by atomic mass is 9.84. The molecule has 1 aromatic heterocycles. The third-order valence-corrected chi connectivity index (χ3v) is 10.8. The Morgan fingerprint density at radius 3 is 2.55 bits per heavy atom. The molecule has 0 bridgehead atoms. The van der Waals surface area contributed by atoms with Crippen molar-refractivity contribution in [3.05, 3.63) is 64.2 Å². The smallest absolute Gasteiger partial charge is 0.418 e. The number of rotatable bonds is 9. The van der Waals surface area contributed by atoms with Crippen molar-refractivity contribution in [2.75, 3.05) is 13.3 Å². The Kier molecular flexibility index (Phi) is 9.71. The van der Waals surface area contributed by atoms with Gasteiger partial charge >= 0.3 is 12.1 Å². The number of pyridine rings is 1. The average Bonchev–Trinajstić information content (AvgIpc) is 3.66. The van der Waals surface area contributed by atoms with Crippen molar-refractivity contribution in [1.29, 1.82) is 0 Å². The van der Waals surface area contributed by atoms with Crippen LogP contribution in [0.2, 0.25) is 30.7 Å². The van der Waals surface area contributed by atoms with Crippen molar-refractivity contribution in [2.45, 2.75) is 75.7 Å². The van der Waals surface area contributed by atoms with E-state index in [9.17, 15) is 14.7 Å². The van der Waals surface area contributed by atoms with Gasteiger partial charge in [0.25, 0.3) is 0 Å². The fourth-order valence-electron chi connectivity index (χ4n) is 4.91. The van der Waals surface area contributed by atoms with Gasteiger partial charge < -0.3 is 14.6 Å². The maximum Gasteiger partial charge on any atom is 0.418 e. The van der Waals surface area contributed by atoms with Gasteiger partial charge in [-0.15, -0.1) is 0 Å². The summed E-state index contributed by atoms with van der Waals surface area (Å²) in [6.07, 6.45) is 1.97. The molecule has 44 heavy (non-hydrogen) atoms. The fraction of sp³-hybridized carbons (Fsp3) is 0.484. The third kappa shape index (κ3) is 7.70. The quantitative estimate of drug-likeness (QED) is 0.164. The van der Waals surface area contributed by atoms with Gasteiger partial charge in [-0.3, -0.25) is 14.8 Å². The molecule has 1 fully saturated rings. The second-order valence-electron chi connectivity index (χ2n) is 13.4. The molecule has 0 saturated heterocycles. The van der Waals surface area contributed by atoms with Crippen LogP contribution < -0.4 is 0 Å². The van der Waals surface area contributed by atoms with Gasteiger partial charge in [0.05, 0.1) is 16.3 Å². The van der Waals surface area contributed by atoms with Crippen LogP contribution in [-0.4, -0.2) is 64.0 Å². The van der Waals surface area contributed by atoms with Gasteiger partial charge in [-0.25, -0.2) is 18.5 Å². The summed E-state index contributed by atoms with van der Waals surface area (Å²) < 4.78 is 40.9. The second kappa shape index (κ2) is 12.5. The predicted molar refractivity (Wildman–Crippen MR) is 173 cm³/mol. The number of thioether (sulfide) groups is 1.